The second-order valence-electron chi connectivity index (χ2n) is 8.87. The number of aromatic nitrogens is 2. The van der Waals surface area contributed by atoms with E-state index in [4.69, 9.17) is 18.9 Å². The molecule has 0 spiro atoms. The first-order valence-corrected chi connectivity index (χ1v) is 11.7. The normalized spacial score (nSPS) is 16.5. The number of nitrogens with one attached hydrogen (secondary N) is 1. The Balaban J connectivity index is 1.44. The number of methoxy groups -OCH3 is 1. The molecule has 0 radical (unpaired) electrons. The highest BCUT2D eigenvalue weighted by Gasteiger charge is 2.20. The smallest absolute Gasteiger partial charge is 0.297 e. The molecule has 34 heavy (non-hydrogen) atoms. The molecule has 1 aliphatic rings. The van der Waals surface area contributed by atoms with E-state index in [-0.39, 0.29) is 0 Å². The molecule has 0 aliphatic carbocycles. The van der Waals surface area contributed by atoms with E-state index in [9.17, 15) is 0 Å². The van der Waals surface area contributed by atoms with Crippen LogP contribution >= 0.6 is 0 Å². The van der Waals surface area contributed by atoms with Gasteiger partial charge in [-0.15, -0.1) is 0 Å². The molecule has 1 fully saturated rings. The summed E-state index contributed by atoms with van der Waals surface area (Å²) in [5, 5.41) is 3.44. The number of pyridine rings is 1. The van der Waals surface area contributed by atoms with Crippen molar-refractivity contribution in [2.24, 2.45) is 0 Å². The van der Waals surface area contributed by atoms with Gasteiger partial charge in [-0.2, -0.15) is 4.98 Å². The van der Waals surface area contributed by atoms with Gasteiger partial charge in [-0.3, -0.25) is 0 Å². The summed E-state index contributed by atoms with van der Waals surface area (Å²) in [6.45, 7) is 4.60. The Bertz CT molecular complexity index is 1270. The molecule has 2 aromatic carbocycles. The van der Waals surface area contributed by atoms with Crippen LogP contribution in [0.15, 0.2) is 59.0 Å². The highest BCUT2D eigenvalue weighted by Crippen LogP contribution is 2.37. The fourth-order valence-electron chi connectivity index (χ4n) is 4.50. The first-order valence-electron chi connectivity index (χ1n) is 11.7. The van der Waals surface area contributed by atoms with E-state index < -0.39 is 0 Å². The molecule has 4 aromatic rings. The Kier molecular flexibility index (Phi) is 6.36. The van der Waals surface area contributed by atoms with Crippen molar-refractivity contribution in [3.8, 4) is 22.8 Å². The van der Waals surface area contributed by atoms with Gasteiger partial charge in [0.2, 0.25) is 5.65 Å². The molecule has 2 aromatic heterocycles. The van der Waals surface area contributed by atoms with E-state index in [0.29, 0.717) is 29.9 Å². The van der Waals surface area contributed by atoms with Crippen LogP contribution in [0.1, 0.15) is 24.0 Å². The number of ether oxygens (including phenoxy) is 2. The monoisotopic (exact) mass is 458 g/mol. The number of fused-ring (bicyclic) bond motifs is 1. The SMILES string of the molecule is COc1cc(C)c(-c2ccc3oc(N[C@@H]4CCCN(C)C4)nc3n2)c(OCc2ccccc2)c1. The van der Waals surface area contributed by atoms with Gasteiger partial charge in [0.25, 0.3) is 6.01 Å². The second-order valence-corrected chi connectivity index (χ2v) is 8.87. The number of nitrogens with zero attached hydrogens (tertiary/aromatic N) is 3. The third kappa shape index (κ3) is 4.84. The van der Waals surface area contributed by atoms with Crippen LogP contribution in [0.3, 0.4) is 0 Å². The van der Waals surface area contributed by atoms with Gasteiger partial charge in [0.05, 0.1) is 12.8 Å². The van der Waals surface area contributed by atoms with Crippen molar-refractivity contribution in [2.75, 3.05) is 32.6 Å². The summed E-state index contributed by atoms with van der Waals surface area (Å²) in [6, 6.07) is 18.7. The molecule has 7 heteroatoms. The number of hydrogen-bond donors (Lipinski definition) is 1. The topological polar surface area (TPSA) is 72.7 Å². The van der Waals surface area contributed by atoms with Crippen molar-refractivity contribution in [1.29, 1.82) is 0 Å². The van der Waals surface area contributed by atoms with Gasteiger partial charge in [0.1, 0.15) is 18.1 Å². The second kappa shape index (κ2) is 9.73. The Labute approximate surface area is 199 Å². The quantitative estimate of drug-likeness (QED) is 0.403. The van der Waals surface area contributed by atoms with Crippen molar-refractivity contribution in [3.05, 3.63) is 65.7 Å². The number of likely N-dealkylation sites (tertiary alicyclic amines) is 1. The van der Waals surface area contributed by atoms with Gasteiger partial charge in [0.15, 0.2) is 5.58 Å². The highest BCUT2D eigenvalue weighted by atomic mass is 16.5. The third-order valence-corrected chi connectivity index (χ3v) is 6.21. The molecule has 0 bridgehead atoms. The summed E-state index contributed by atoms with van der Waals surface area (Å²) < 4.78 is 17.7. The summed E-state index contributed by atoms with van der Waals surface area (Å²) in [7, 11) is 3.80. The molecule has 1 aliphatic heterocycles. The summed E-state index contributed by atoms with van der Waals surface area (Å²) in [5.74, 6) is 1.47. The van der Waals surface area contributed by atoms with Gasteiger partial charge in [-0.1, -0.05) is 30.3 Å². The number of likely N-dealkylation sites (N-methyl/N-ethyl adjacent to an activating group) is 1. The van der Waals surface area contributed by atoms with Gasteiger partial charge in [0, 0.05) is 24.2 Å². The molecule has 0 saturated carbocycles. The maximum Gasteiger partial charge on any atom is 0.297 e. The fourth-order valence-corrected chi connectivity index (χ4v) is 4.50. The average molecular weight is 459 g/mol. The first kappa shape index (κ1) is 22.2. The zero-order valence-electron chi connectivity index (χ0n) is 19.9. The van der Waals surface area contributed by atoms with Crippen molar-refractivity contribution in [2.45, 2.75) is 32.4 Å². The lowest BCUT2D eigenvalue weighted by Crippen LogP contribution is -2.39. The third-order valence-electron chi connectivity index (χ3n) is 6.21. The minimum absolute atomic E-state index is 0.327. The number of aryl methyl sites for hydroxylation is 1. The van der Waals surface area contributed by atoms with Crippen molar-refractivity contribution in [1.82, 2.24) is 14.9 Å². The molecular weight excluding hydrogens is 428 g/mol. The Morgan fingerprint density at radius 2 is 1.97 bits per heavy atom. The summed E-state index contributed by atoms with van der Waals surface area (Å²) in [5.41, 5.74) is 5.05. The highest BCUT2D eigenvalue weighted by molar-refractivity contribution is 5.79. The maximum atomic E-state index is 6.25. The lowest BCUT2D eigenvalue weighted by Gasteiger charge is -2.29. The van der Waals surface area contributed by atoms with Crippen molar-refractivity contribution >= 4 is 17.2 Å². The Morgan fingerprint density at radius 3 is 2.76 bits per heavy atom. The van der Waals surface area contributed by atoms with Crippen LogP contribution in [0.25, 0.3) is 22.5 Å². The molecule has 1 atom stereocenters. The summed E-state index contributed by atoms with van der Waals surface area (Å²) >= 11 is 0. The minimum atomic E-state index is 0.327. The molecule has 0 unspecified atom stereocenters. The number of rotatable bonds is 7. The van der Waals surface area contributed by atoms with E-state index in [2.05, 4.69) is 22.2 Å². The lowest BCUT2D eigenvalue weighted by atomic mass is 10.0. The first-order chi connectivity index (χ1) is 16.6. The average Bonchev–Trinajstić information content (AvgIpc) is 3.24. The van der Waals surface area contributed by atoms with Crippen LogP contribution in [-0.4, -0.2) is 48.2 Å². The number of oxazole rings is 1. The van der Waals surface area contributed by atoms with E-state index in [1.165, 1.54) is 6.42 Å². The number of benzene rings is 2. The summed E-state index contributed by atoms with van der Waals surface area (Å²) in [6.07, 6.45) is 2.27. The lowest BCUT2D eigenvalue weighted by molar-refractivity contribution is 0.259. The van der Waals surface area contributed by atoms with Crippen LogP contribution < -0.4 is 14.8 Å². The summed E-state index contributed by atoms with van der Waals surface area (Å²) in [4.78, 5) is 11.8. The molecule has 1 N–H and O–H groups in total. The molecule has 0 amide bonds. The molecule has 3 heterocycles. The van der Waals surface area contributed by atoms with E-state index >= 15 is 0 Å². The van der Waals surface area contributed by atoms with E-state index in [0.717, 1.165) is 53.4 Å². The number of hydrogen-bond acceptors (Lipinski definition) is 7. The van der Waals surface area contributed by atoms with Gasteiger partial charge < -0.3 is 24.1 Å². The Hall–Kier alpha value is -3.58. The number of piperidine rings is 1. The van der Waals surface area contributed by atoms with E-state index in [1.54, 1.807) is 7.11 Å². The van der Waals surface area contributed by atoms with Crippen LogP contribution in [0.2, 0.25) is 0 Å². The van der Waals surface area contributed by atoms with E-state index in [1.807, 2.05) is 61.5 Å². The standard InChI is InChI=1S/C27H30N4O3/c1-18-14-21(32-3)15-24(33-17-19-8-5-4-6-9-19)25(18)22-11-12-23-26(29-22)30-27(34-23)28-20-10-7-13-31(2)16-20/h4-6,8-9,11-12,14-15,20H,7,10,13,16-17H2,1-3H3,(H,28,29,30)/t20-/m1/s1. The van der Waals surface area contributed by atoms with Crippen LogP contribution in [0.5, 0.6) is 11.5 Å². The zero-order valence-corrected chi connectivity index (χ0v) is 19.9. The van der Waals surface area contributed by atoms with Crippen molar-refractivity contribution in [3.63, 3.8) is 0 Å². The van der Waals surface area contributed by atoms with Crippen LogP contribution in [0.4, 0.5) is 6.01 Å². The molecular formula is C27H30N4O3. The minimum Gasteiger partial charge on any atom is -0.497 e. The fraction of sp³-hybridized carbons (Fsp3) is 0.333. The molecule has 1 saturated heterocycles. The van der Waals surface area contributed by atoms with Crippen molar-refractivity contribution < 1.29 is 13.9 Å². The van der Waals surface area contributed by atoms with Gasteiger partial charge in [-0.25, -0.2) is 4.98 Å². The van der Waals surface area contributed by atoms with Crippen LogP contribution in [0, 0.1) is 6.92 Å². The maximum absolute atomic E-state index is 6.25. The predicted octanol–water partition coefficient (Wildman–Crippen LogP) is 5.29. The Morgan fingerprint density at radius 1 is 1.12 bits per heavy atom. The predicted molar refractivity (Wildman–Crippen MR) is 133 cm³/mol. The van der Waals surface area contributed by atoms with Gasteiger partial charge in [-0.05, 0) is 62.7 Å². The molecule has 176 valence electrons. The number of anilines is 1. The molecule has 5 rings (SSSR count). The van der Waals surface area contributed by atoms with Crippen LogP contribution in [-0.2, 0) is 6.61 Å². The zero-order chi connectivity index (χ0) is 23.5. The largest absolute Gasteiger partial charge is 0.497 e. The molecule has 7 nitrogen and oxygen atoms in total. The van der Waals surface area contributed by atoms with Gasteiger partial charge >= 0.3 is 0 Å².